The Kier molecular flexibility index (Phi) is 7.14. The Balaban J connectivity index is 2.71. The van der Waals surface area contributed by atoms with Crippen molar-refractivity contribution < 1.29 is 28.7 Å². The number of amides is 2. The second-order valence-corrected chi connectivity index (χ2v) is 6.75. The van der Waals surface area contributed by atoms with E-state index in [-0.39, 0.29) is 11.8 Å². The van der Waals surface area contributed by atoms with Gasteiger partial charge < -0.3 is 25.4 Å². The van der Waals surface area contributed by atoms with Gasteiger partial charge in [-0.3, -0.25) is 9.59 Å². The Hall–Kier alpha value is -2.38. The van der Waals surface area contributed by atoms with Gasteiger partial charge in [0.1, 0.15) is 5.60 Å². The summed E-state index contributed by atoms with van der Waals surface area (Å²) in [7, 11) is 1.22. The molecule has 0 aromatic heterocycles. The van der Waals surface area contributed by atoms with Crippen LogP contribution in [0.25, 0.3) is 0 Å². The summed E-state index contributed by atoms with van der Waals surface area (Å²) in [4.78, 5) is 46.6. The van der Waals surface area contributed by atoms with E-state index in [4.69, 9.17) is 9.47 Å². The number of alkyl carbamates (subject to hydrolysis) is 1. The molecule has 1 rings (SSSR count). The van der Waals surface area contributed by atoms with Crippen molar-refractivity contribution in [2.24, 2.45) is 0 Å². The highest BCUT2D eigenvalue weighted by Crippen LogP contribution is 2.14. The number of rotatable bonds is 6. The summed E-state index contributed by atoms with van der Waals surface area (Å²) >= 11 is 0. The van der Waals surface area contributed by atoms with Crippen LogP contribution in [-0.2, 0) is 23.9 Å². The Morgan fingerprint density at radius 1 is 1.28 bits per heavy atom. The number of hydrogen-bond acceptors (Lipinski definition) is 7. The average molecular weight is 355 g/mol. The molecule has 0 aliphatic carbocycles. The lowest BCUT2D eigenvalue weighted by Gasteiger charge is -2.22. The molecule has 9 heteroatoms. The Morgan fingerprint density at radius 2 is 1.92 bits per heavy atom. The molecule has 3 N–H and O–H groups in total. The molecular formula is C16H25N3O6. The van der Waals surface area contributed by atoms with Crippen LogP contribution in [0.5, 0.6) is 0 Å². The van der Waals surface area contributed by atoms with Gasteiger partial charge in [-0.15, -0.1) is 0 Å². The minimum Gasteiger partial charge on any atom is -0.488 e. The van der Waals surface area contributed by atoms with E-state index in [0.717, 1.165) is 0 Å². The third kappa shape index (κ3) is 6.56. The van der Waals surface area contributed by atoms with Gasteiger partial charge in [-0.1, -0.05) is 0 Å². The molecular weight excluding hydrogens is 330 g/mol. The SMILES string of the molecule is COC(=C=O)C(NC(C)=O)C(=O)[C@@H]1C[C@H](NC(=O)OC(C)(C)C)CN1. The van der Waals surface area contributed by atoms with Gasteiger partial charge in [0.15, 0.2) is 17.8 Å². The van der Waals surface area contributed by atoms with E-state index in [0.29, 0.717) is 13.0 Å². The number of hydrogen-bond donors (Lipinski definition) is 3. The lowest BCUT2D eigenvalue weighted by molar-refractivity contribution is -0.127. The maximum absolute atomic E-state index is 12.6. The zero-order valence-electron chi connectivity index (χ0n) is 15.1. The normalized spacial score (nSPS) is 20.8. The van der Waals surface area contributed by atoms with Gasteiger partial charge in [0.05, 0.1) is 13.2 Å². The summed E-state index contributed by atoms with van der Waals surface area (Å²) in [6.45, 7) is 6.84. The second kappa shape index (κ2) is 8.64. The molecule has 2 amide bonds. The van der Waals surface area contributed by atoms with E-state index in [1.807, 2.05) is 0 Å². The summed E-state index contributed by atoms with van der Waals surface area (Å²) in [6, 6.07) is -2.19. The first-order valence-corrected chi connectivity index (χ1v) is 7.90. The van der Waals surface area contributed by atoms with Gasteiger partial charge in [0.25, 0.3) is 0 Å². The Morgan fingerprint density at radius 3 is 2.40 bits per heavy atom. The number of nitrogens with one attached hydrogen (secondary N) is 3. The molecule has 0 aromatic carbocycles. The molecule has 1 unspecified atom stereocenters. The summed E-state index contributed by atoms with van der Waals surface area (Å²) in [5, 5.41) is 8.02. The molecule has 0 saturated carbocycles. The van der Waals surface area contributed by atoms with Crippen LogP contribution < -0.4 is 16.0 Å². The van der Waals surface area contributed by atoms with E-state index in [9.17, 15) is 19.2 Å². The summed E-state index contributed by atoms with van der Waals surface area (Å²) in [5.41, 5.74) is -0.621. The zero-order valence-corrected chi connectivity index (χ0v) is 15.1. The van der Waals surface area contributed by atoms with Crippen molar-refractivity contribution in [1.29, 1.82) is 0 Å². The maximum atomic E-state index is 12.6. The number of methoxy groups -OCH3 is 1. The molecule has 0 aromatic rings. The van der Waals surface area contributed by atoms with Gasteiger partial charge in [0, 0.05) is 19.5 Å². The topological polar surface area (TPSA) is 123 Å². The molecule has 1 heterocycles. The Bertz CT molecular complexity index is 577. The van der Waals surface area contributed by atoms with Crippen molar-refractivity contribution in [1.82, 2.24) is 16.0 Å². The van der Waals surface area contributed by atoms with Crippen LogP contribution in [0, 0.1) is 0 Å². The van der Waals surface area contributed by atoms with Gasteiger partial charge in [-0.25, -0.2) is 9.59 Å². The second-order valence-electron chi connectivity index (χ2n) is 6.75. The van der Waals surface area contributed by atoms with Crippen molar-refractivity contribution in [3.05, 3.63) is 5.76 Å². The van der Waals surface area contributed by atoms with E-state index in [1.165, 1.54) is 20.0 Å². The van der Waals surface area contributed by atoms with Crippen molar-refractivity contribution in [2.75, 3.05) is 13.7 Å². The molecule has 1 aliphatic heterocycles. The fourth-order valence-electron chi connectivity index (χ4n) is 2.43. The van der Waals surface area contributed by atoms with Gasteiger partial charge in [-0.2, -0.15) is 0 Å². The van der Waals surface area contributed by atoms with Crippen LogP contribution in [0.4, 0.5) is 4.79 Å². The predicted molar refractivity (Wildman–Crippen MR) is 88.4 cm³/mol. The third-order valence-corrected chi connectivity index (χ3v) is 3.41. The van der Waals surface area contributed by atoms with E-state index < -0.39 is 35.5 Å². The van der Waals surface area contributed by atoms with Crippen LogP contribution in [0.15, 0.2) is 5.76 Å². The number of carbonyl (C=O) groups excluding carboxylic acids is 4. The standard InChI is InChI=1S/C16H25N3O6/c1-9(21)18-13(12(8-20)24-5)14(22)11-6-10(7-17-11)19-15(23)25-16(2,3)4/h10-11,13,17H,6-7H2,1-5H3,(H,18,21)(H,19,23)/t10-,11-,13?/m0/s1. The number of Topliss-reactive ketones (excluding diaryl/α,β-unsaturated/α-hetero) is 1. The first kappa shape index (κ1) is 20.7. The van der Waals surface area contributed by atoms with Crippen LogP contribution in [-0.4, -0.2) is 61.1 Å². The number of ketones is 1. The van der Waals surface area contributed by atoms with Crippen LogP contribution >= 0.6 is 0 Å². The van der Waals surface area contributed by atoms with Crippen LogP contribution in [0.2, 0.25) is 0 Å². The minimum absolute atomic E-state index is 0.296. The molecule has 1 aliphatic rings. The number of carbonyl (C=O) groups is 3. The molecule has 0 radical (unpaired) electrons. The van der Waals surface area contributed by atoms with Crippen LogP contribution in [0.3, 0.4) is 0 Å². The Labute approximate surface area is 146 Å². The fraction of sp³-hybridized carbons (Fsp3) is 0.688. The molecule has 25 heavy (non-hydrogen) atoms. The summed E-state index contributed by atoms with van der Waals surface area (Å²) < 4.78 is 10.0. The molecule has 1 fully saturated rings. The van der Waals surface area contributed by atoms with Crippen molar-refractivity contribution in [3.8, 4) is 0 Å². The lowest BCUT2D eigenvalue weighted by Crippen LogP contribution is -2.49. The molecule has 9 nitrogen and oxygen atoms in total. The first-order chi connectivity index (χ1) is 11.6. The maximum Gasteiger partial charge on any atom is 0.407 e. The lowest BCUT2D eigenvalue weighted by atomic mass is 10.0. The molecule has 3 atom stereocenters. The summed E-state index contributed by atoms with van der Waals surface area (Å²) in [6.07, 6.45) is -0.277. The monoisotopic (exact) mass is 355 g/mol. The highest BCUT2D eigenvalue weighted by molar-refractivity contribution is 5.96. The van der Waals surface area contributed by atoms with E-state index in [2.05, 4.69) is 16.0 Å². The van der Waals surface area contributed by atoms with Gasteiger partial charge in [0.2, 0.25) is 11.7 Å². The average Bonchev–Trinajstić information content (AvgIpc) is 2.92. The summed E-state index contributed by atoms with van der Waals surface area (Å²) in [5.74, 6) is 0.299. The van der Waals surface area contributed by atoms with Crippen molar-refractivity contribution >= 4 is 23.7 Å². The van der Waals surface area contributed by atoms with Crippen LogP contribution in [0.1, 0.15) is 34.1 Å². The smallest absolute Gasteiger partial charge is 0.407 e. The molecule has 0 bridgehead atoms. The van der Waals surface area contributed by atoms with Crippen molar-refractivity contribution in [3.63, 3.8) is 0 Å². The number of ether oxygens (including phenoxy) is 2. The van der Waals surface area contributed by atoms with Crippen molar-refractivity contribution in [2.45, 2.75) is 57.8 Å². The molecule has 1 saturated heterocycles. The van der Waals surface area contributed by atoms with E-state index in [1.54, 1.807) is 20.8 Å². The first-order valence-electron chi connectivity index (χ1n) is 7.90. The zero-order chi connectivity index (χ0) is 19.2. The fourth-order valence-corrected chi connectivity index (χ4v) is 2.43. The van der Waals surface area contributed by atoms with Gasteiger partial charge in [-0.05, 0) is 27.2 Å². The minimum atomic E-state index is -1.22. The van der Waals surface area contributed by atoms with E-state index >= 15 is 0 Å². The molecule has 0 spiro atoms. The quantitative estimate of drug-likeness (QED) is 0.441. The predicted octanol–water partition coefficient (Wildman–Crippen LogP) is -0.323. The molecule has 140 valence electrons. The van der Waals surface area contributed by atoms with Gasteiger partial charge >= 0.3 is 6.09 Å². The highest BCUT2D eigenvalue weighted by Gasteiger charge is 2.37. The highest BCUT2D eigenvalue weighted by atomic mass is 16.6. The largest absolute Gasteiger partial charge is 0.488 e. The third-order valence-electron chi connectivity index (χ3n) is 3.41.